The van der Waals surface area contributed by atoms with Gasteiger partial charge in [0.1, 0.15) is 0 Å². The third kappa shape index (κ3) is 4.46. The summed E-state index contributed by atoms with van der Waals surface area (Å²) in [6.07, 6.45) is 4.05. The quantitative estimate of drug-likeness (QED) is 0.667. The highest BCUT2D eigenvalue weighted by Gasteiger charge is 2.05. The van der Waals surface area contributed by atoms with Gasteiger partial charge in [0.2, 0.25) is 0 Å². The second kappa shape index (κ2) is 8.32. The van der Waals surface area contributed by atoms with Crippen molar-refractivity contribution in [2.24, 2.45) is 7.05 Å². The number of unbranched alkanes of at least 4 members (excludes halogenated alkanes) is 2. The van der Waals surface area contributed by atoms with Gasteiger partial charge in [-0.3, -0.25) is 13.9 Å². The molecule has 0 amide bonds. The zero-order chi connectivity index (χ0) is 17.5. The van der Waals surface area contributed by atoms with Gasteiger partial charge in [0.05, 0.1) is 6.54 Å². The van der Waals surface area contributed by atoms with E-state index in [9.17, 15) is 9.59 Å². The Morgan fingerprint density at radius 3 is 2.50 bits per heavy atom. The first-order chi connectivity index (χ1) is 11.5. The van der Waals surface area contributed by atoms with Crippen LogP contribution in [0.4, 0.5) is 0 Å². The van der Waals surface area contributed by atoms with Gasteiger partial charge in [0, 0.05) is 37.4 Å². The van der Waals surface area contributed by atoms with Crippen LogP contribution in [0, 0.1) is 18.8 Å². The van der Waals surface area contributed by atoms with E-state index in [1.807, 2.05) is 24.3 Å². The summed E-state index contributed by atoms with van der Waals surface area (Å²) in [5, 5.41) is 8.71. The number of aromatic nitrogens is 2. The summed E-state index contributed by atoms with van der Waals surface area (Å²) in [7, 11) is 1.49. The van der Waals surface area contributed by atoms with E-state index in [2.05, 4.69) is 11.8 Å². The van der Waals surface area contributed by atoms with Crippen LogP contribution in [0.3, 0.4) is 0 Å². The highest BCUT2D eigenvalue weighted by molar-refractivity contribution is 5.36. The van der Waals surface area contributed by atoms with Crippen molar-refractivity contribution in [2.75, 3.05) is 6.61 Å². The van der Waals surface area contributed by atoms with Crippen molar-refractivity contribution in [2.45, 2.75) is 32.7 Å². The minimum absolute atomic E-state index is 0.209. The zero-order valence-corrected chi connectivity index (χ0v) is 14.1. The van der Waals surface area contributed by atoms with Gasteiger partial charge < -0.3 is 5.11 Å². The highest BCUT2D eigenvalue weighted by atomic mass is 16.3. The van der Waals surface area contributed by atoms with Gasteiger partial charge in [-0.1, -0.05) is 24.0 Å². The predicted octanol–water partition coefficient (Wildman–Crippen LogP) is 1.42. The molecule has 0 aliphatic heterocycles. The molecule has 1 aromatic carbocycles. The number of aliphatic hydroxyl groups is 1. The van der Waals surface area contributed by atoms with Gasteiger partial charge in [0.25, 0.3) is 5.56 Å². The minimum atomic E-state index is -0.321. The van der Waals surface area contributed by atoms with Crippen LogP contribution >= 0.6 is 0 Å². The van der Waals surface area contributed by atoms with Gasteiger partial charge in [-0.25, -0.2) is 4.79 Å². The van der Waals surface area contributed by atoms with E-state index in [0.717, 1.165) is 35.0 Å². The van der Waals surface area contributed by atoms with Crippen molar-refractivity contribution in [3.63, 3.8) is 0 Å². The van der Waals surface area contributed by atoms with E-state index in [4.69, 9.17) is 5.11 Å². The molecule has 0 aliphatic rings. The van der Waals surface area contributed by atoms with Gasteiger partial charge in [-0.2, -0.15) is 0 Å². The smallest absolute Gasteiger partial charge is 0.331 e. The fourth-order valence-corrected chi connectivity index (χ4v) is 2.38. The molecule has 1 aromatic heterocycles. The molecule has 1 heterocycles. The second-order valence-electron chi connectivity index (χ2n) is 5.77. The number of aliphatic hydroxyl groups excluding tert-OH is 1. The maximum Gasteiger partial charge on any atom is 0.331 e. The first kappa shape index (κ1) is 17.8. The molecule has 0 bridgehead atoms. The average Bonchev–Trinajstić information content (AvgIpc) is 2.59. The van der Waals surface area contributed by atoms with E-state index in [1.165, 1.54) is 11.6 Å². The molecule has 0 spiro atoms. The Bertz CT molecular complexity index is 865. The van der Waals surface area contributed by atoms with Crippen molar-refractivity contribution in [1.82, 2.24) is 9.13 Å². The fraction of sp³-hybridized carbons (Fsp3) is 0.368. The molecule has 0 unspecified atom stereocenters. The molecule has 0 fully saturated rings. The standard InChI is InChI=1S/C19H22N2O3/c1-15-13-21(19(24)20(2)18(15)23)14-17-10-8-16(9-11-17)7-5-3-4-6-12-22/h8-11,13,22H,3-4,6,12,14H2,1-2H3. The third-order valence-corrected chi connectivity index (χ3v) is 3.77. The third-order valence-electron chi connectivity index (χ3n) is 3.77. The molecule has 0 aliphatic carbocycles. The van der Waals surface area contributed by atoms with E-state index in [-0.39, 0.29) is 17.9 Å². The Balaban J connectivity index is 2.10. The molecular formula is C19H22N2O3. The second-order valence-corrected chi connectivity index (χ2v) is 5.77. The lowest BCUT2D eigenvalue weighted by molar-refractivity contribution is 0.285. The predicted molar refractivity (Wildman–Crippen MR) is 94.0 cm³/mol. The van der Waals surface area contributed by atoms with Crippen LogP contribution in [0.1, 0.15) is 36.0 Å². The molecular weight excluding hydrogens is 304 g/mol. The maximum absolute atomic E-state index is 12.1. The summed E-state index contributed by atoms with van der Waals surface area (Å²) in [6.45, 7) is 2.33. The lowest BCUT2D eigenvalue weighted by atomic mass is 10.1. The van der Waals surface area contributed by atoms with Crippen LogP contribution in [0.25, 0.3) is 0 Å². The maximum atomic E-state index is 12.1. The summed E-state index contributed by atoms with van der Waals surface area (Å²) < 4.78 is 2.66. The number of nitrogens with zero attached hydrogens (tertiary/aromatic N) is 2. The lowest BCUT2D eigenvalue weighted by Gasteiger charge is -2.09. The molecule has 0 saturated carbocycles. The molecule has 0 atom stereocenters. The number of hydrogen-bond donors (Lipinski definition) is 1. The van der Waals surface area contributed by atoms with Gasteiger partial charge >= 0.3 is 5.69 Å². The molecule has 0 radical (unpaired) electrons. The number of benzene rings is 1. The van der Waals surface area contributed by atoms with E-state index in [1.54, 1.807) is 13.1 Å². The van der Waals surface area contributed by atoms with Crippen molar-refractivity contribution in [1.29, 1.82) is 0 Å². The van der Waals surface area contributed by atoms with Gasteiger partial charge in [0.15, 0.2) is 0 Å². The summed E-state index contributed by atoms with van der Waals surface area (Å²) in [5.74, 6) is 6.17. The van der Waals surface area contributed by atoms with E-state index >= 15 is 0 Å². The minimum Gasteiger partial charge on any atom is -0.396 e. The monoisotopic (exact) mass is 326 g/mol. The van der Waals surface area contributed by atoms with Crippen molar-refractivity contribution in [3.05, 3.63) is 68.0 Å². The van der Waals surface area contributed by atoms with Crippen LogP contribution in [0.2, 0.25) is 0 Å². The SMILES string of the molecule is Cc1cn(Cc2ccc(C#CCCCCO)cc2)c(=O)n(C)c1=O. The zero-order valence-electron chi connectivity index (χ0n) is 14.1. The Morgan fingerprint density at radius 1 is 1.12 bits per heavy atom. The summed E-state index contributed by atoms with van der Waals surface area (Å²) >= 11 is 0. The summed E-state index contributed by atoms with van der Waals surface area (Å²) in [4.78, 5) is 23.9. The lowest BCUT2D eigenvalue weighted by Crippen LogP contribution is -2.38. The van der Waals surface area contributed by atoms with Crippen molar-refractivity contribution in [3.8, 4) is 11.8 Å². The first-order valence-electron chi connectivity index (χ1n) is 7.98. The normalized spacial score (nSPS) is 10.3. The largest absolute Gasteiger partial charge is 0.396 e. The topological polar surface area (TPSA) is 64.2 Å². The van der Waals surface area contributed by atoms with Crippen LogP contribution in [-0.4, -0.2) is 20.8 Å². The molecule has 5 nitrogen and oxygen atoms in total. The molecule has 1 N–H and O–H groups in total. The number of aryl methyl sites for hydroxylation is 1. The molecule has 24 heavy (non-hydrogen) atoms. The highest BCUT2D eigenvalue weighted by Crippen LogP contribution is 2.05. The van der Waals surface area contributed by atoms with Crippen LogP contribution in [0.15, 0.2) is 40.1 Å². The molecule has 2 rings (SSSR count). The number of rotatable bonds is 5. The molecule has 5 heteroatoms. The Hall–Kier alpha value is -2.58. The van der Waals surface area contributed by atoms with Crippen LogP contribution in [-0.2, 0) is 13.6 Å². The Kier molecular flexibility index (Phi) is 6.16. The first-order valence-corrected chi connectivity index (χ1v) is 7.98. The van der Waals surface area contributed by atoms with Gasteiger partial charge in [-0.15, -0.1) is 0 Å². The Morgan fingerprint density at radius 2 is 1.83 bits per heavy atom. The van der Waals surface area contributed by atoms with Crippen LogP contribution in [0.5, 0.6) is 0 Å². The number of hydrogen-bond acceptors (Lipinski definition) is 3. The fourth-order valence-electron chi connectivity index (χ4n) is 2.38. The molecule has 2 aromatic rings. The Labute approximate surface area is 141 Å². The van der Waals surface area contributed by atoms with E-state index in [0.29, 0.717) is 12.1 Å². The van der Waals surface area contributed by atoms with E-state index < -0.39 is 0 Å². The van der Waals surface area contributed by atoms with Gasteiger partial charge in [-0.05, 0) is 37.5 Å². The summed E-state index contributed by atoms with van der Waals surface area (Å²) in [5.41, 5.74) is 1.86. The average molecular weight is 326 g/mol. The van der Waals surface area contributed by atoms with Crippen molar-refractivity contribution >= 4 is 0 Å². The molecule has 126 valence electrons. The van der Waals surface area contributed by atoms with Crippen LogP contribution < -0.4 is 11.2 Å². The summed E-state index contributed by atoms with van der Waals surface area (Å²) in [6, 6.07) is 7.72. The van der Waals surface area contributed by atoms with Crippen molar-refractivity contribution < 1.29 is 5.11 Å². The molecule has 0 saturated heterocycles.